The van der Waals surface area contributed by atoms with Crippen LogP contribution in [0.25, 0.3) is 0 Å². The summed E-state index contributed by atoms with van der Waals surface area (Å²) in [5.74, 6) is -0.965. The van der Waals surface area contributed by atoms with Crippen molar-refractivity contribution < 1.29 is 19.1 Å². The predicted molar refractivity (Wildman–Crippen MR) is 95.0 cm³/mol. The summed E-state index contributed by atoms with van der Waals surface area (Å²) in [6.45, 7) is 2.27. The van der Waals surface area contributed by atoms with Crippen LogP contribution in [0.4, 0.5) is 4.79 Å². The number of halogens is 1. The van der Waals surface area contributed by atoms with Gasteiger partial charge in [0, 0.05) is 11.6 Å². The molecule has 1 atom stereocenters. The third-order valence-electron chi connectivity index (χ3n) is 3.43. The number of ether oxygens (including phenoxy) is 1. The zero-order chi connectivity index (χ0) is 18.7. The number of esters is 1. The second kappa shape index (κ2) is 11.3. The molecule has 25 heavy (non-hydrogen) atoms. The van der Waals surface area contributed by atoms with Gasteiger partial charge >= 0.3 is 12.0 Å². The van der Waals surface area contributed by atoms with E-state index in [9.17, 15) is 14.4 Å². The topological polar surface area (TPSA) is 111 Å². The van der Waals surface area contributed by atoms with Gasteiger partial charge in [0.15, 0.2) is 6.61 Å². The predicted octanol–water partition coefficient (Wildman–Crippen LogP) is 2.29. The van der Waals surface area contributed by atoms with E-state index in [0.717, 1.165) is 19.3 Å². The van der Waals surface area contributed by atoms with E-state index >= 15 is 0 Å². The van der Waals surface area contributed by atoms with Crippen LogP contribution in [0.2, 0.25) is 5.02 Å². The number of nitrogens with two attached hydrogens (primary N) is 1. The maximum Gasteiger partial charge on any atom is 0.312 e. The molecule has 0 aromatic heterocycles. The highest BCUT2D eigenvalue weighted by atomic mass is 35.5. The largest absolute Gasteiger partial charge is 0.456 e. The van der Waals surface area contributed by atoms with Crippen LogP contribution in [0.5, 0.6) is 0 Å². The number of primary amides is 1. The average Bonchev–Trinajstić information content (AvgIpc) is 2.56. The van der Waals surface area contributed by atoms with Crippen LogP contribution in [-0.2, 0) is 14.3 Å². The second-order valence-electron chi connectivity index (χ2n) is 5.53. The van der Waals surface area contributed by atoms with Crippen molar-refractivity contribution in [1.29, 1.82) is 0 Å². The van der Waals surface area contributed by atoms with Crippen LogP contribution >= 0.6 is 11.6 Å². The molecule has 0 bridgehead atoms. The van der Waals surface area contributed by atoms with Crippen molar-refractivity contribution in [2.24, 2.45) is 5.73 Å². The van der Waals surface area contributed by atoms with Crippen LogP contribution in [0.3, 0.4) is 0 Å². The summed E-state index contributed by atoms with van der Waals surface area (Å²) >= 11 is 5.83. The lowest BCUT2D eigenvalue weighted by atomic mass is 10.0. The zero-order valence-electron chi connectivity index (χ0n) is 14.2. The highest BCUT2D eigenvalue weighted by molar-refractivity contribution is 6.30. The average molecular weight is 370 g/mol. The summed E-state index contributed by atoms with van der Waals surface area (Å²) in [7, 11) is 0. The third-order valence-corrected chi connectivity index (χ3v) is 3.68. The number of amides is 3. The molecule has 0 fully saturated rings. The quantitative estimate of drug-likeness (QED) is 0.434. The molecule has 4 N–H and O–H groups in total. The maximum atomic E-state index is 11.9. The first kappa shape index (κ1) is 20.8. The summed E-state index contributed by atoms with van der Waals surface area (Å²) in [5, 5.41) is 5.68. The van der Waals surface area contributed by atoms with Gasteiger partial charge in [-0.15, -0.1) is 0 Å². The van der Waals surface area contributed by atoms with Crippen LogP contribution < -0.4 is 16.4 Å². The van der Waals surface area contributed by atoms with Gasteiger partial charge in [-0.2, -0.15) is 0 Å². The first-order valence-corrected chi connectivity index (χ1v) is 8.54. The van der Waals surface area contributed by atoms with E-state index in [1.165, 1.54) is 0 Å². The van der Waals surface area contributed by atoms with E-state index in [4.69, 9.17) is 22.1 Å². The Bertz CT molecular complexity index is 578. The summed E-state index contributed by atoms with van der Waals surface area (Å²) < 4.78 is 4.95. The monoisotopic (exact) mass is 369 g/mol. The molecular formula is C17H24ClN3O4. The number of rotatable bonds is 10. The fourth-order valence-corrected chi connectivity index (χ4v) is 2.27. The Labute approximate surface area is 152 Å². The Kier molecular flexibility index (Phi) is 9.39. The van der Waals surface area contributed by atoms with Crippen LogP contribution in [0, 0.1) is 0 Å². The van der Waals surface area contributed by atoms with Crippen LogP contribution in [0.15, 0.2) is 24.3 Å². The van der Waals surface area contributed by atoms with E-state index in [2.05, 4.69) is 17.6 Å². The lowest BCUT2D eigenvalue weighted by molar-refractivity contribution is -0.149. The summed E-state index contributed by atoms with van der Waals surface area (Å²) in [5.41, 5.74) is 5.80. The molecule has 1 aromatic rings. The number of nitrogens with one attached hydrogen (secondary N) is 2. The Balaban J connectivity index is 2.48. The Hall–Kier alpha value is -2.28. The molecule has 0 heterocycles. The van der Waals surface area contributed by atoms with Gasteiger partial charge in [-0.1, -0.05) is 43.5 Å². The van der Waals surface area contributed by atoms with Crippen molar-refractivity contribution >= 4 is 29.5 Å². The number of carbonyl (C=O) groups excluding carboxylic acids is 3. The molecule has 1 rings (SSSR count). The standard InChI is InChI=1S/C17H24ClN3O4/c1-2-3-4-9-20-15(22)11-25-16(23)10-14(21-17(19)24)12-5-7-13(18)8-6-12/h5-8,14H,2-4,9-11H2,1H3,(H,20,22)(H3,19,21,24)/t14-/m0/s1. The molecule has 7 nitrogen and oxygen atoms in total. The van der Waals surface area contributed by atoms with Gasteiger partial charge in [0.2, 0.25) is 0 Å². The lowest BCUT2D eigenvalue weighted by Gasteiger charge is -2.17. The molecule has 3 amide bonds. The molecule has 138 valence electrons. The zero-order valence-corrected chi connectivity index (χ0v) is 15.0. The molecule has 0 aliphatic carbocycles. The van der Waals surface area contributed by atoms with E-state index in [0.29, 0.717) is 17.1 Å². The normalized spacial score (nSPS) is 11.4. The van der Waals surface area contributed by atoms with E-state index in [-0.39, 0.29) is 18.9 Å². The molecule has 0 saturated carbocycles. The molecule has 0 saturated heterocycles. The summed E-state index contributed by atoms with van der Waals surface area (Å²) in [4.78, 5) is 34.7. The van der Waals surface area contributed by atoms with Gasteiger partial charge in [0.1, 0.15) is 0 Å². The van der Waals surface area contributed by atoms with Crippen LogP contribution in [0.1, 0.15) is 44.2 Å². The number of urea groups is 1. The Morgan fingerprint density at radius 1 is 1.20 bits per heavy atom. The number of benzene rings is 1. The first-order chi connectivity index (χ1) is 11.9. The maximum absolute atomic E-state index is 11.9. The van der Waals surface area contributed by atoms with Gasteiger partial charge in [-0.05, 0) is 24.1 Å². The Morgan fingerprint density at radius 3 is 2.48 bits per heavy atom. The highest BCUT2D eigenvalue weighted by Gasteiger charge is 2.19. The Morgan fingerprint density at radius 2 is 1.88 bits per heavy atom. The SMILES string of the molecule is CCCCCNC(=O)COC(=O)C[C@H](NC(N)=O)c1ccc(Cl)cc1. The first-order valence-electron chi connectivity index (χ1n) is 8.16. The number of hydrogen-bond acceptors (Lipinski definition) is 4. The van der Waals surface area contributed by atoms with Crippen molar-refractivity contribution in [3.05, 3.63) is 34.9 Å². The second-order valence-corrected chi connectivity index (χ2v) is 5.97. The molecule has 0 radical (unpaired) electrons. The number of hydrogen-bond donors (Lipinski definition) is 3. The minimum absolute atomic E-state index is 0.145. The smallest absolute Gasteiger partial charge is 0.312 e. The van der Waals surface area contributed by atoms with Crippen LogP contribution in [-0.4, -0.2) is 31.1 Å². The van der Waals surface area contributed by atoms with Gasteiger partial charge < -0.3 is 21.1 Å². The van der Waals surface area contributed by atoms with Crippen molar-refractivity contribution in [3.8, 4) is 0 Å². The van der Waals surface area contributed by atoms with Gasteiger partial charge in [0.05, 0.1) is 12.5 Å². The van der Waals surface area contributed by atoms with Gasteiger partial charge in [-0.25, -0.2) is 4.79 Å². The summed E-state index contributed by atoms with van der Waals surface area (Å²) in [6, 6.07) is 5.22. The lowest BCUT2D eigenvalue weighted by Crippen LogP contribution is -2.35. The fourth-order valence-electron chi connectivity index (χ4n) is 2.14. The number of unbranched alkanes of at least 4 members (excludes halogenated alkanes) is 2. The third kappa shape index (κ3) is 8.95. The van der Waals surface area contributed by atoms with Crippen molar-refractivity contribution in [1.82, 2.24) is 10.6 Å². The molecule has 1 aromatic carbocycles. The fraction of sp³-hybridized carbons (Fsp3) is 0.471. The highest BCUT2D eigenvalue weighted by Crippen LogP contribution is 2.19. The molecule has 0 unspecified atom stereocenters. The number of carbonyl (C=O) groups is 3. The van der Waals surface area contributed by atoms with E-state index in [1.54, 1.807) is 24.3 Å². The van der Waals surface area contributed by atoms with E-state index in [1.807, 2.05) is 0 Å². The molecule has 0 aliphatic rings. The van der Waals surface area contributed by atoms with Gasteiger partial charge in [0.25, 0.3) is 5.91 Å². The van der Waals surface area contributed by atoms with E-state index < -0.39 is 18.0 Å². The molecule has 0 spiro atoms. The summed E-state index contributed by atoms with van der Waals surface area (Å²) in [6.07, 6.45) is 2.83. The molecule has 8 heteroatoms. The minimum atomic E-state index is -0.763. The van der Waals surface area contributed by atoms with Gasteiger partial charge in [-0.3, -0.25) is 9.59 Å². The molecule has 0 aliphatic heterocycles. The molecular weight excluding hydrogens is 346 g/mol. The van der Waals surface area contributed by atoms with Crippen molar-refractivity contribution in [3.63, 3.8) is 0 Å². The van der Waals surface area contributed by atoms with Crippen molar-refractivity contribution in [2.45, 2.75) is 38.6 Å². The van der Waals surface area contributed by atoms with Crippen molar-refractivity contribution in [2.75, 3.05) is 13.2 Å². The minimum Gasteiger partial charge on any atom is -0.456 e.